The maximum atomic E-state index is 12.5. The van der Waals surface area contributed by atoms with Gasteiger partial charge in [-0.2, -0.15) is 0 Å². The number of nitrogens with one attached hydrogen (secondary N) is 2. The molecule has 0 aromatic heterocycles. The molecule has 1 fully saturated rings. The van der Waals surface area contributed by atoms with E-state index in [9.17, 15) is 4.79 Å². The predicted octanol–water partition coefficient (Wildman–Crippen LogP) is 0.638. The monoisotopic (exact) mass is 386 g/mol. The molecule has 2 heterocycles. The predicted molar refractivity (Wildman–Crippen MR) is 108 cm³/mol. The van der Waals surface area contributed by atoms with Crippen molar-refractivity contribution in [1.82, 2.24) is 15.8 Å². The second-order valence-electron chi connectivity index (χ2n) is 6.28. The quantitative estimate of drug-likeness (QED) is 0.423. The van der Waals surface area contributed by atoms with E-state index in [1.165, 1.54) is 6.42 Å². The summed E-state index contributed by atoms with van der Waals surface area (Å²) in [5, 5.41) is 0. The molecule has 0 aromatic carbocycles. The maximum absolute atomic E-state index is 12.5. The number of carbonyl (C=O) groups excluding carboxylic acids is 1. The van der Waals surface area contributed by atoms with Gasteiger partial charge in [0.2, 0.25) is 0 Å². The van der Waals surface area contributed by atoms with Crippen molar-refractivity contribution in [1.29, 1.82) is 0 Å². The first-order valence-corrected chi connectivity index (χ1v) is 8.86. The van der Waals surface area contributed by atoms with Crippen LogP contribution in [0.5, 0.6) is 0 Å². The van der Waals surface area contributed by atoms with E-state index in [0.29, 0.717) is 5.71 Å². The van der Waals surface area contributed by atoms with Crippen LogP contribution in [0.2, 0.25) is 0 Å². The zero-order valence-electron chi connectivity index (χ0n) is 17.7. The topological polar surface area (TPSA) is 56.7 Å². The SMILES string of the molecule is C/C=C(/C1=CC=CNN1)C(=NC)C(=O)N1CCCC1.CCC(C)C.[CH3-].[K+]. The van der Waals surface area contributed by atoms with Gasteiger partial charge in [-0.05, 0) is 37.8 Å². The molecule has 142 valence electrons. The van der Waals surface area contributed by atoms with Gasteiger partial charge in [-0.1, -0.05) is 33.3 Å². The number of rotatable bonds is 4. The van der Waals surface area contributed by atoms with E-state index >= 15 is 0 Å². The van der Waals surface area contributed by atoms with Gasteiger partial charge in [0.05, 0.1) is 5.70 Å². The third-order valence-electron chi connectivity index (χ3n) is 4.12. The van der Waals surface area contributed by atoms with Gasteiger partial charge in [-0.3, -0.25) is 9.79 Å². The average molecular weight is 387 g/mol. The van der Waals surface area contributed by atoms with Gasteiger partial charge < -0.3 is 23.2 Å². The van der Waals surface area contributed by atoms with Crippen molar-refractivity contribution >= 4 is 11.6 Å². The molecular weight excluding hydrogens is 351 g/mol. The number of hydrazine groups is 1. The summed E-state index contributed by atoms with van der Waals surface area (Å²) < 4.78 is 0. The summed E-state index contributed by atoms with van der Waals surface area (Å²) in [4.78, 5) is 18.6. The van der Waals surface area contributed by atoms with Crippen molar-refractivity contribution in [2.75, 3.05) is 20.1 Å². The van der Waals surface area contributed by atoms with Gasteiger partial charge in [-0.25, -0.2) is 0 Å². The molecule has 0 spiro atoms. The molecule has 1 amide bonds. The van der Waals surface area contributed by atoms with Crippen molar-refractivity contribution in [3.63, 3.8) is 0 Å². The van der Waals surface area contributed by atoms with E-state index in [4.69, 9.17) is 0 Å². The van der Waals surface area contributed by atoms with Crippen molar-refractivity contribution in [3.05, 3.63) is 43.1 Å². The van der Waals surface area contributed by atoms with Crippen LogP contribution in [0, 0.1) is 13.3 Å². The normalized spacial score (nSPS) is 16.4. The zero-order valence-corrected chi connectivity index (χ0v) is 20.8. The molecule has 0 saturated carbocycles. The molecule has 5 nitrogen and oxygen atoms in total. The van der Waals surface area contributed by atoms with Crippen molar-refractivity contribution < 1.29 is 56.2 Å². The van der Waals surface area contributed by atoms with E-state index in [0.717, 1.165) is 43.1 Å². The van der Waals surface area contributed by atoms with E-state index in [-0.39, 0.29) is 64.7 Å². The Morgan fingerprint density at radius 2 is 1.92 bits per heavy atom. The van der Waals surface area contributed by atoms with Crippen LogP contribution in [0.4, 0.5) is 0 Å². The second kappa shape index (κ2) is 15.6. The average Bonchev–Trinajstić information content (AvgIpc) is 3.15. The Labute approximate surface area is 202 Å². The first-order chi connectivity index (χ1) is 11.5. The van der Waals surface area contributed by atoms with Gasteiger partial charge in [0, 0.05) is 31.9 Å². The Morgan fingerprint density at radius 3 is 2.31 bits per heavy atom. The van der Waals surface area contributed by atoms with E-state index in [2.05, 4.69) is 36.6 Å². The van der Waals surface area contributed by atoms with E-state index in [1.807, 2.05) is 30.1 Å². The summed E-state index contributed by atoms with van der Waals surface area (Å²) in [5.74, 6) is 0.903. The number of likely N-dealkylation sites (tertiary alicyclic amines) is 1. The van der Waals surface area contributed by atoms with Crippen molar-refractivity contribution in [2.24, 2.45) is 10.9 Å². The molecule has 2 aliphatic heterocycles. The molecule has 2 rings (SSSR count). The number of amides is 1. The summed E-state index contributed by atoms with van der Waals surface area (Å²) in [6.45, 7) is 10.2. The molecule has 1 saturated heterocycles. The smallest absolute Gasteiger partial charge is 0.358 e. The fourth-order valence-corrected chi connectivity index (χ4v) is 2.33. The fourth-order valence-electron chi connectivity index (χ4n) is 2.33. The van der Waals surface area contributed by atoms with Gasteiger partial charge in [0.1, 0.15) is 5.71 Å². The van der Waals surface area contributed by atoms with E-state index in [1.54, 1.807) is 13.2 Å². The Kier molecular flexibility index (Phi) is 16.7. The molecular formula is C20H35KN4O. The maximum Gasteiger partial charge on any atom is 1.00 e. The minimum absolute atomic E-state index is 0. The van der Waals surface area contributed by atoms with Crippen LogP contribution in [-0.4, -0.2) is 36.7 Å². The van der Waals surface area contributed by atoms with Crippen LogP contribution in [0.3, 0.4) is 0 Å². The Balaban J connectivity index is 0. The third-order valence-corrected chi connectivity index (χ3v) is 4.12. The number of hydrogen-bond acceptors (Lipinski definition) is 4. The van der Waals surface area contributed by atoms with E-state index < -0.39 is 0 Å². The molecule has 0 atom stereocenters. The third kappa shape index (κ3) is 9.00. The van der Waals surface area contributed by atoms with Crippen LogP contribution >= 0.6 is 0 Å². The molecule has 0 unspecified atom stereocenters. The molecule has 2 N–H and O–H groups in total. The largest absolute Gasteiger partial charge is 1.00 e. The Morgan fingerprint density at radius 1 is 1.35 bits per heavy atom. The molecule has 0 radical (unpaired) electrons. The van der Waals surface area contributed by atoms with Crippen molar-refractivity contribution in [2.45, 2.75) is 47.0 Å². The van der Waals surface area contributed by atoms with Gasteiger partial charge in [0.25, 0.3) is 5.91 Å². The van der Waals surface area contributed by atoms with Crippen LogP contribution in [0.15, 0.2) is 40.7 Å². The molecule has 0 aromatic rings. The van der Waals surface area contributed by atoms with Gasteiger partial charge in [0.15, 0.2) is 0 Å². The van der Waals surface area contributed by atoms with Crippen LogP contribution in [-0.2, 0) is 4.79 Å². The van der Waals surface area contributed by atoms with Crippen molar-refractivity contribution in [3.8, 4) is 0 Å². The number of nitrogens with zero attached hydrogens (tertiary/aromatic N) is 2. The Hall–Kier alpha value is -0.404. The van der Waals surface area contributed by atoms with Gasteiger partial charge >= 0.3 is 51.4 Å². The second-order valence-corrected chi connectivity index (χ2v) is 6.28. The first-order valence-electron chi connectivity index (χ1n) is 8.86. The molecule has 26 heavy (non-hydrogen) atoms. The minimum Gasteiger partial charge on any atom is -0.358 e. The number of aliphatic imine (C=N–C) groups is 1. The zero-order chi connectivity index (χ0) is 17.9. The van der Waals surface area contributed by atoms with Crippen LogP contribution in [0.1, 0.15) is 47.0 Å². The summed E-state index contributed by atoms with van der Waals surface area (Å²) >= 11 is 0. The number of allylic oxidation sites excluding steroid dienone is 4. The fraction of sp³-hybridized carbons (Fsp3) is 0.550. The molecule has 0 aliphatic carbocycles. The van der Waals surface area contributed by atoms with Crippen LogP contribution < -0.4 is 62.2 Å². The minimum atomic E-state index is 0. The number of hydrogen-bond donors (Lipinski definition) is 2. The Bertz CT molecular complexity index is 530. The summed E-state index contributed by atoms with van der Waals surface area (Å²) in [6.07, 6.45) is 11.0. The van der Waals surface area contributed by atoms with Crippen LogP contribution in [0.25, 0.3) is 0 Å². The molecule has 2 aliphatic rings. The molecule has 6 heteroatoms. The summed E-state index contributed by atoms with van der Waals surface area (Å²) in [6, 6.07) is 0. The summed E-state index contributed by atoms with van der Waals surface area (Å²) in [7, 11) is 1.67. The standard InChI is InChI=1S/C14H20N4O.C5H12.CH3.K/c1-3-11(12-7-6-8-16-17-12)13(15-2)14(19)18-9-4-5-10-18;1-4-5(2)3;;/h3,6-8,16-17H,4-5,9-10H2,1-2H3;5H,4H2,1-3H3;1H3;/q;;-1;+1/b11-3-,15-13?;;;. The number of carbonyl (C=O) groups is 1. The van der Waals surface area contributed by atoms with Gasteiger partial charge in [-0.15, -0.1) is 0 Å². The molecule has 0 bridgehead atoms. The first kappa shape index (κ1) is 27.8. The summed E-state index contributed by atoms with van der Waals surface area (Å²) in [5.41, 5.74) is 8.16.